The average Bonchev–Trinajstić information content (AvgIpc) is 3.05. The van der Waals surface area contributed by atoms with E-state index in [4.69, 9.17) is 11.6 Å². The number of nitro benzene ring substituents is 1. The van der Waals surface area contributed by atoms with E-state index in [9.17, 15) is 14.9 Å². The zero-order valence-electron chi connectivity index (χ0n) is 13.5. The molecule has 1 fully saturated rings. The molecule has 0 spiro atoms. The van der Waals surface area contributed by atoms with Crippen LogP contribution in [0.2, 0.25) is 5.02 Å². The second kappa shape index (κ2) is 7.63. The first-order valence-corrected chi connectivity index (χ1v) is 8.45. The molecule has 0 bridgehead atoms. The molecule has 7 heteroatoms. The predicted octanol–water partition coefficient (Wildman–Crippen LogP) is 4.02. The molecule has 2 aromatic carbocycles. The maximum atomic E-state index is 12.4. The van der Waals surface area contributed by atoms with E-state index in [1.165, 1.54) is 23.8 Å². The number of halogens is 1. The fourth-order valence-electron chi connectivity index (χ4n) is 3.20. The summed E-state index contributed by atoms with van der Waals surface area (Å²) in [6, 6.07) is 14.5. The van der Waals surface area contributed by atoms with Gasteiger partial charge in [-0.15, -0.1) is 0 Å². The number of rotatable bonds is 5. The third-order valence-electron chi connectivity index (χ3n) is 4.33. The molecule has 1 aliphatic heterocycles. The van der Waals surface area contributed by atoms with E-state index in [1.54, 1.807) is 0 Å². The zero-order valence-corrected chi connectivity index (χ0v) is 14.3. The highest BCUT2D eigenvalue weighted by molar-refractivity contribution is 6.31. The van der Waals surface area contributed by atoms with E-state index in [0.717, 1.165) is 19.4 Å². The number of nitrogens with one attached hydrogen (secondary N) is 1. The number of hydrogen-bond donors (Lipinski definition) is 1. The second-order valence-electron chi connectivity index (χ2n) is 6.01. The fraction of sp³-hybridized carbons (Fsp3) is 0.278. The summed E-state index contributed by atoms with van der Waals surface area (Å²) in [4.78, 5) is 25.1. The van der Waals surface area contributed by atoms with Gasteiger partial charge in [0.15, 0.2) is 0 Å². The molecule has 0 aliphatic carbocycles. The van der Waals surface area contributed by atoms with Gasteiger partial charge in [-0.1, -0.05) is 41.9 Å². The van der Waals surface area contributed by atoms with Crippen molar-refractivity contribution in [2.45, 2.75) is 18.9 Å². The molecule has 0 radical (unpaired) electrons. The lowest BCUT2D eigenvalue weighted by Crippen LogP contribution is -2.33. The number of nitrogens with zero attached hydrogens (tertiary/aromatic N) is 2. The van der Waals surface area contributed by atoms with Crippen molar-refractivity contribution in [2.24, 2.45) is 0 Å². The van der Waals surface area contributed by atoms with Crippen LogP contribution in [0.15, 0.2) is 48.5 Å². The lowest BCUT2D eigenvalue weighted by atomic mass is 10.0. The zero-order chi connectivity index (χ0) is 17.8. The van der Waals surface area contributed by atoms with Crippen LogP contribution in [0.3, 0.4) is 0 Å². The van der Waals surface area contributed by atoms with Gasteiger partial charge in [0.05, 0.1) is 11.5 Å². The van der Waals surface area contributed by atoms with Crippen LogP contribution < -0.4 is 5.32 Å². The Kier molecular flexibility index (Phi) is 5.31. The predicted molar refractivity (Wildman–Crippen MR) is 96.7 cm³/mol. The Morgan fingerprint density at radius 2 is 2.04 bits per heavy atom. The van der Waals surface area contributed by atoms with Crippen LogP contribution in [-0.4, -0.2) is 28.8 Å². The molecule has 1 atom stereocenters. The Morgan fingerprint density at radius 3 is 2.76 bits per heavy atom. The van der Waals surface area contributed by atoms with Crippen LogP contribution in [0.25, 0.3) is 0 Å². The lowest BCUT2D eigenvalue weighted by Gasteiger charge is -2.24. The van der Waals surface area contributed by atoms with Crippen molar-refractivity contribution >= 4 is 28.9 Å². The normalized spacial score (nSPS) is 17.4. The standard InChI is InChI=1S/C18H18ClN3O3/c19-14-8-9-15(17(11-14)22(24)25)20-18(23)12-21-10-4-7-16(21)13-5-2-1-3-6-13/h1-3,5-6,8-9,11,16H,4,7,10,12H2,(H,20,23). The van der Waals surface area contributed by atoms with Crippen LogP contribution in [0, 0.1) is 10.1 Å². The molecular weight excluding hydrogens is 342 g/mol. The number of anilines is 1. The van der Waals surface area contributed by atoms with E-state index < -0.39 is 4.92 Å². The van der Waals surface area contributed by atoms with Crippen LogP contribution in [-0.2, 0) is 4.79 Å². The number of carbonyl (C=O) groups is 1. The first-order chi connectivity index (χ1) is 12.0. The monoisotopic (exact) mass is 359 g/mol. The Balaban J connectivity index is 1.70. The summed E-state index contributed by atoms with van der Waals surface area (Å²) in [6.07, 6.45) is 2.02. The molecule has 0 saturated carbocycles. The summed E-state index contributed by atoms with van der Waals surface area (Å²) in [5.74, 6) is -0.270. The van der Waals surface area contributed by atoms with Crippen molar-refractivity contribution in [2.75, 3.05) is 18.4 Å². The summed E-state index contributed by atoms with van der Waals surface area (Å²) < 4.78 is 0. The van der Waals surface area contributed by atoms with Crippen molar-refractivity contribution < 1.29 is 9.72 Å². The van der Waals surface area contributed by atoms with Gasteiger partial charge in [0.25, 0.3) is 5.69 Å². The number of carbonyl (C=O) groups excluding carboxylic acids is 1. The topological polar surface area (TPSA) is 75.5 Å². The summed E-state index contributed by atoms with van der Waals surface area (Å²) in [5.41, 5.74) is 1.14. The van der Waals surface area contributed by atoms with Gasteiger partial charge in [-0.05, 0) is 37.1 Å². The summed E-state index contributed by atoms with van der Waals surface area (Å²) >= 11 is 5.80. The first-order valence-electron chi connectivity index (χ1n) is 8.07. The Bertz CT molecular complexity index is 782. The molecule has 130 valence electrons. The SMILES string of the molecule is O=C(CN1CCCC1c1ccccc1)Nc1ccc(Cl)cc1[N+](=O)[O-]. The molecule has 1 amide bonds. The van der Waals surface area contributed by atoms with Gasteiger partial charge in [0, 0.05) is 17.1 Å². The minimum absolute atomic E-state index is 0.162. The van der Waals surface area contributed by atoms with Crippen molar-refractivity contribution in [1.82, 2.24) is 4.90 Å². The maximum absolute atomic E-state index is 12.4. The molecule has 1 N–H and O–H groups in total. The molecular formula is C18H18ClN3O3. The highest BCUT2D eigenvalue weighted by Crippen LogP contribution is 2.32. The van der Waals surface area contributed by atoms with Gasteiger partial charge < -0.3 is 5.32 Å². The number of likely N-dealkylation sites (tertiary alicyclic amines) is 1. The molecule has 2 aromatic rings. The number of benzene rings is 2. The molecule has 1 heterocycles. The van der Waals surface area contributed by atoms with Gasteiger partial charge in [0.1, 0.15) is 5.69 Å². The van der Waals surface area contributed by atoms with Crippen LogP contribution in [0.5, 0.6) is 0 Å². The summed E-state index contributed by atoms with van der Waals surface area (Å²) in [5, 5.41) is 14.0. The Hall–Kier alpha value is -2.44. The van der Waals surface area contributed by atoms with Gasteiger partial charge in [0.2, 0.25) is 5.91 Å². The van der Waals surface area contributed by atoms with Gasteiger partial charge in [-0.3, -0.25) is 19.8 Å². The highest BCUT2D eigenvalue weighted by atomic mass is 35.5. The summed E-state index contributed by atoms with van der Waals surface area (Å²) in [7, 11) is 0. The van der Waals surface area contributed by atoms with E-state index in [2.05, 4.69) is 22.3 Å². The van der Waals surface area contributed by atoms with Crippen molar-refractivity contribution in [1.29, 1.82) is 0 Å². The Labute approximate surface area is 150 Å². The fourth-order valence-corrected chi connectivity index (χ4v) is 3.37. The number of amides is 1. The van der Waals surface area contributed by atoms with Gasteiger partial charge in [-0.25, -0.2) is 0 Å². The molecule has 3 rings (SSSR count). The molecule has 0 aromatic heterocycles. The number of hydrogen-bond acceptors (Lipinski definition) is 4. The molecule has 6 nitrogen and oxygen atoms in total. The third kappa shape index (κ3) is 4.15. The Morgan fingerprint density at radius 1 is 1.28 bits per heavy atom. The van der Waals surface area contributed by atoms with E-state index in [0.29, 0.717) is 0 Å². The highest BCUT2D eigenvalue weighted by Gasteiger charge is 2.28. The van der Waals surface area contributed by atoms with Crippen molar-refractivity contribution in [3.8, 4) is 0 Å². The van der Waals surface area contributed by atoms with Crippen LogP contribution >= 0.6 is 11.6 Å². The lowest BCUT2D eigenvalue weighted by molar-refractivity contribution is -0.383. The second-order valence-corrected chi connectivity index (χ2v) is 6.44. The molecule has 25 heavy (non-hydrogen) atoms. The van der Waals surface area contributed by atoms with Gasteiger partial charge in [-0.2, -0.15) is 0 Å². The smallest absolute Gasteiger partial charge is 0.294 e. The number of nitro groups is 1. The van der Waals surface area contributed by atoms with E-state index >= 15 is 0 Å². The van der Waals surface area contributed by atoms with Gasteiger partial charge >= 0.3 is 0 Å². The molecule has 1 aliphatic rings. The van der Waals surface area contributed by atoms with E-state index in [-0.39, 0.29) is 34.9 Å². The van der Waals surface area contributed by atoms with Crippen LogP contribution in [0.1, 0.15) is 24.4 Å². The maximum Gasteiger partial charge on any atom is 0.294 e. The largest absolute Gasteiger partial charge is 0.319 e. The summed E-state index contributed by atoms with van der Waals surface area (Å²) in [6.45, 7) is 1.02. The van der Waals surface area contributed by atoms with Crippen LogP contribution in [0.4, 0.5) is 11.4 Å². The van der Waals surface area contributed by atoms with Crippen molar-refractivity contribution in [3.63, 3.8) is 0 Å². The van der Waals surface area contributed by atoms with E-state index in [1.807, 2.05) is 18.2 Å². The molecule has 1 saturated heterocycles. The third-order valence-corrected chi connectivity index (χ3v) is 4.56. The first kappa shape index (κ1) is 17.4. The molecule has 1 unspecified atom stereocenters. The minimum atomic E-state index is -0.551. The quantitative estimate of drug-likeness (QED) is 0.646. The van der Waals surface area contributed by atoms with Crippen molar-refractivity contribution in [3.05, 3.63) is 69.2 Å². The average molecular weight is 360 g/mol. The minimum Gasteiger partial charge on any atom is -0.319 e.